The number of hydrogen-bond donors (Lipinski definition) is 2. The van der Waals surface area contributed by atoms with E-state index in [0.717, 1.165) is 31.4 Å². The number of carbonyl (C=O) groups excluding carboxylic acids is 2. The zero-order valence-electron chi connectivity index (χ0n) is 20.8. The lowest BCUT2D eigenvalue weighted by Crippen LogP contribution is -2.25. The number of rotatable bonds is 14. The first-order valence-corrected chi connectivity index (χ1v) is 13.1. The van der Waals surface area contributed by atoms with Gasteiger partial charge in [0.05, 0.1) is 19.2 Å². The number of aromatic nitrogens is 1. The number of thiol groups is 1. The second-order valence-corrected chi connectivity index (χ2v) is 9.59. The molecule has 1 fully saturated rings. The Kier molecular flexibility index (Phi) is 8.87. The minimum Gasteiger partial charge on any atom is -0.493 e. The number of benzene rings is 2. The zero-order valence-corrected chi connectivity index (χ0v) is 21.7. The summed E-state index contributed by atoms with van der Waals surface area (Å²) in [5.74, 6) is 1.34. The first-order chi connectivity index (χ1) is 18.0. The van der Waals surface area contributed by atoms with Gasteiger partial charge in [-0.2, -0.15) is 12.6 Å². The maximum atomic E-state index is 14.9. The average Bonchev–Trinajstić information content (AvgIpc) is 3.71. The van der Waals surface area contributed by atoms with Gasteiger partial charge in [0, 0.05) is 29.4 Å². The second-order valence-electron chi connectivity index (χ2n) is 9.14. The van der Waals surface area contributed by atoms with Crippen LogP contribution >= 0.6 is 12.6 Å². The Bertz CT molecular complexity index is 1260. The van der Waals surface area contributed by atoms with Gasteiger partial charge in [0.2, 0.25) is 5.91 Å². The predicted octanol–water partition coefficient (Wildman–Crippen LogP) is 6.35. The highest BCUT2D eigenvalue weighted by Gasteiger charge is 2.50. The van der Waals surface area contributed by atoms with Crippen LogP contribution in [0.2, 0.25) is 0 Å². The number of nitrogens with zero attached hydrogens (tertiary/aromatic N) is 1. The number of anilines is 1. The number of hydrogen-bond acceptors (Lipinski definition) is 7. The van der Waals surface area contributed by atoms with Gasteiger partial charge in [-0.25, -0.2) is 4.39 Å². The SMILES string of the molecule is COc1cc2c(Oc3ccc(NC(=O)C4(C=O)CC4)cc3F)ccnc2cc1OCCCCCCCS. The number of carbonyl (C=O) groups is 2. The number of methoxy groups -OCH3 is 1. The van der Waals surface area contributed by atoms with E-state index in [2.05, 4.69) is 22.9 Å². The third-order valence-corrected chi connectivity index (χ3v) is 6.74. The molecule has 1 aliphatic carbocycles. The van der Waals surface area contributed by atoms with Crippen molar-refractivity contribution in [2.45, 2.75) is 44.9 Å². The normalized spacial score (nSPS) is 13.7. The van der Waals surface area contributed by atoms with Gasteiger partial charge < -0.3 is 24.3 Å². The molecule has 0 saturated heterocycles. The summed E-state index contributed by atoms with van der Waals surface area (Å²) in [6.45, 7) is 0.570. The number of aldehydes is 1. The van der Waals surface area contributed by atoms with Gasteiger partial charge in [-0.05, 0) is 55.7 Å². The molecule has 0 atom stereocenters. The second kappa shape index (κ2) is 12.3. The molecule has 0 bridgehead atoms. The van der Waals surface area contributed by atoms with Crippen LogP contribution in [-0.4, -0.2) is 36.6 Å². The number of fused-ring (bicyclic) bond motifs is 1. The standard InChI is InChI=1S/C28H31FN2O5S/c1-34-25-16-20-22(17-26(25)35-13-5-3-2-4-6-14-37)30-12-9-23(20)36-24-8-7-19(15-21(24)29)31-27(33)28(18-32)10-11-28/h7-9,12,15-18,37H,2-6,10-11,13-14H2,1H3,(H,31,33). The topological polar surface area (TPSA) is 86.8 Å². The predicted molar refractivity (Wildman–Crippen MR) is 144 cm³/mol. The molecule has 0 aliphatic heterocycles. The Hall–Kier alpha value is -3.33. The monoisotopic (exact) mass is 526 g/mol. The Morgan fingerprint density at radius 3 is 2.54 bits per heavy atom. The number of pyridine rings is 1. The first kappa shape index (κ1) is 26.7. The zero-order chi connectivity index (χ0) is 26.3. The Labute approximate surface area is 221 Å². The van der Waals surface area contributed by atoms with E-state index >= 15 is 0 Å². The van der Waals surface area contributed by atoms with E-state index in [4.69, 9.17) is 14.2 Å². The highest BCUT2D eigenvalue weighted by atomic mass is 32.1. The minimum atomic E-state index is -0.977. The summed E-state index contributed by atoms with van der Waals surface area (Å²) < 4.78 is 32.2. The lowest BCUT2D eigenvalue weighted by molar-refractivity contribution is -0.126. The lowest BCUT2D eigenvalue weighted by atomic mass is 10.1. The van der Waals surface area contributed by atoms with Crippen molar-refractivity contribution in [3.8, 4) is 23.0 Å². The third-order valence-electron chi connectivity index (χ3n) is 6.42. The summed E-state index contributed by atoms with van der Waals surface area (Å²) in [4.78, 5) is 27.8. The smallest absolute Gasteiger partial charge is 0.237 e. The van der Waals surface area contributed by atoms with E-state index in [1.807, 2.05) is 0 Å². The van der Waals surface area contributed by atoms with Gasteiger partial charge in [-0.15, -0.1) is 0 Å². The summed E-state index contributed by atoms with van der Waals surface area (Å²) in [6.07, 6.45) is 8.74. The quantitative estimate of drug-likeness (QED) is 0.110. The van der Waals surface area contributed by atoms with E-state index in [1.165, 1.54) is 24.6 Å². The number of ether oxygens (including phenoxy) is 3. The minimum absolute atomic E-state index is 0.0146. The largest absolute Gasteiger partial charge is 0.493 e. The molecule has 3 aromatic rings. The van der Waals surface area contributed by atoms with Crippen LogP contribution in [0.25, 0.3) is 10.9 Å². The van der Waals surface area contributed by atoms with Crippen LogP contribution in [0.4, 0.5) is 10.1 Å². The Morgan fingerprint density at radius 2 is 1.84 bits per heavy atom. The van der Waals surface area contributed by atoms with Crippen LogP contribution in [0.5, 0.6) is 23.0 Å². The number of unbranched alkanes of at least 4 members (excludes halogenated alkanes) is 4. The van der Waals surface area contributed by atoms with E-state index in [9.17, 15) is 14.0 Å². The van der Waals surface area contributed by atoms with Gasteiger partial charge in [0.1, 0.15) is 17.5 Å². The molecule has 1 heterocycles. The van der Waals surface area contributed by atoms with Crippen molar-refractivity contribution >= 4 is 41.4 Å². The van der Waals surface area contributed by atoms with Crippen molar-refractivity contribution < 1.29 is 28.2 Å². The van der Waals surface area contributed by atoms with Gasteiger partial charge in [-0.3, -0.25) is 9.78 Å². The van der Waals surface area contributed by atoms with Crippen molar-refractivity contribution in [2.75, 3.05) is 24.8 Å². The van der Waals surface area contributed by atoms with Crippen molar-refractivity contribution in [2.24, 2.45) is 5.41 Å². The van der Waals surface area contributed by atoms with Crippen molar-refractivity contribution in [1.29, 1.82) is 0 Å². The third kappa shape index (κ3) is 6.52. The Balaban J connectivity index is 1.45. The first-order valence-electron chi connectivity index (χ1n) is 12.5. The van der Waals surface area contributed by atoms with E-state index < -0.39 is 17.1 Å². The molecule has 1 aromatic heterocycles. The maximum absolute atomic E-state index is 14.9. The fraction of sp³-hybridized carbons (Fsp3) is 0.393. The van der Waals surface area contributed by atoms with Gasteiger partial charge in [0.15, 0.2) is 23.1 Å². The highest BCUT2D eigenvalue weighted by molar-refractivity contribution is 7.80. The van der Waals surface area contributed by atoms with Crippen LogP contribution in [0.15, 0.2) is 42.6 Å². The maximum Gasteiger partial charge on any atom is 0.237 e. The molecular weight excluding hydrogens is 495 g/mol. The summed E-state index contributed by atoms with van der Waals surface area (Å²) in [5, 5.41) is 3.24. The van der Waals surface area contributed by atoms with Crippen LogP contribution in [0, 0.1) is 11.2 Å². The molecule has 0 spiro atoms. The average molecular weight is 527 g/mol. The van der Waals surface area contributed by atoms with E-state index in [1.54, 1.807) is 31.5 Å². The van der Waals surface area contributed by atoms with Crippen LogP contribution in [-0.2, 0) is 9.59 Å². The van der Waals surface area contributed by atoms with Crippen molar-refractivity contribution in [3.05, 3.63) is 48.4 Å². The van der Waals surface area contributed by atoms with Crippen molar-refractivity contribution in [1.82, 2.24) is 4.98 Å². The van der Waals surface area contributed by atoms with Gasteiger partial charge in [-0.1, -0.05) is 19.3 Å². The number of nitrogens with one attached hydrogen (secondary N) is 1. The molecule has 2 aromatic carbocycles. The summed E-state index contributed by atoms with van der Waals surface area (Å²) in [6, 6.07) is 9.33. The molecular formula is C28H31FN2O5S. The fourth-order valence-corrected chi connectivity index (χ4v) is 4.21. The van der Waals surface area contributed by atoms with Crippen LogP contribution in [0.3, 0.4) is 0 Å². The number of amides is 1. The van der Waals surface area contributed by atoms with Crippen LogP contribution < -0.4 is 19.5 Å². The lowest BCUT2D eigenvalue weighted by Gasteiger charge is -2.15. The van der Waals surface area contributed by atoms with Crippen LogP contribution in [0.1, 0.15) is 44.9 Å². The molecule has 1 aliphatic rings. The fourth-order valence-electron chi connectivity index (χ4n) is 3.98. The highest BCUT2D eigenvalue weighted by Crippen LogP contribution is 2.44. The molecule has 1 saturated carbocycles. The Morgan fingerprint density at radius 1 is 1.05 bits per heavy atom. The molecule has 0 radical (unpaired) electrons. The molecule has 4 rings (SSSR count). The molecule has 196 valence electrons. The molecule has 9 heteroatoms. The van der Waals surface area contributed by atoms with E-state index in [0.29, 0.717) is 53.9 Å². The summed E-state index contributed by atoms with van der Waals surface area (Å²) >= 11 is 4.24. The van der Waals surface area contributed by atoms with E-state index in [-0.39, 0.29) is 11.4 Å². The molecule has 37 heavy (non-hydrogen) atoms. The molecule has 1 N–H and O–H groups in total. The number of halogens is 1. The molecule has 7 nitrogen and oxygen atoms in total. The van der Waals surface area contributed by atoms with Crippen molar-refractivity contribution in [3.63, 3.8) is 0 Å². The molecule has 1 amide bonds. The van der Waals surface area contributed by atoms with Gasteiger partial charge in [0.25, 0.3) is 0 Å². The molecule has 0 unspecified atom stereocenters. The van der Waals surface area contributed by atoms with Gasteiger partial charge >= 0.3 is 0 Å². The summed E-state index contributed by atoms with van der Waals surface area (Å²) in [7, 11) is 1.56. The summed E-state index contributed by atoms with van der Waals surface area (Å²) in [5.41, 5.74) is -0.0994.